The molecule has 0 aromatic carbocycles. The Morgan fingerprint density at radius 3 is 2.44 bits per heavy atom. The minimum Gasteiger partial charge on any atom is -0.475 e. The number of carboxylic acids is 1. The molecule has 1 saturated carbocycles. The quantitative estimate of drug-likeness (QED) is 0.721. The molecule has 11 heteroatoms. The van der Waals surface area contributed by atoms with Gasteiger partial charge in [-0.15, -0.1) is 0 Å². The molecule has 8 nitrogen and oxygen atoms in total. The Labute approximate surface area is 183 Å². The second-order valence-corrected chi connectivity index (χ2v) is 7.79. The molecule has 1 unspecified atom stereocenters. The molecule has 2 aromatic heterocycles. The number of fused-ring (bicyclic) bond motifs is 1. The number of pyridine rings is 1. The molecule has 2 aromatic rings. The van der Waals surface area contributed by atoms with Gasteiger partial charge < -0.3 is 14.7 Å². The number of hydrogen-bond donors (Lipinski definition) is 1. The Kier molecular flexibility index (Phi) is 7.49. The van der Waals surface area contributed by atoms with Crippen molar-refractivity contribution < 1.29 is 32.6 Å². The lowest BCUT2D eigenvalue weighted by Crippen LogP contribution is -2.39. The molecule has 1 amide bonds. The fraction of sp³-hybridized carbons (Fsp3) is 0.524. The molecule has 1 atom stereocenters. The summed E-state index contributed by atoms with van der Waals surface area (Å²) in [6.45, 7) is 5.64. The lowest BCUT2D eigenvalue weighted by atomic mass is 9.95. The van der Waals surface area contributed by atoms with Crippen molar-refractivity contribution in [3.8, 4) is 0 Å². The van der Waals surface area contributed by atoms with Crippen LogP contribution < -0.4 is 0 Å². The lowest BCUT2D eigenvalue weighted by molar-refractivity contribution is -0.192. The number of alkyl halides is 3. The van der Waals surface area contributed by atoms with Gasteiger partial charge in [0.1, 0.15) is 0 Å². The van der Waals surface area contributed by atoms with E-state index in [1.54, 1.807) is 24.5 Å². The summed E-state index contributed by atoms with van der Waals surface area (Å²) in [6.07, 6.45) is 2.93. The van der Waals surface area contributed by atoms with Crippen molar-refractivity contribution in [3.63, 3.8) is 0 Å². The van der Waals surface area contributed by atoms with Crippen LogP contribution >= 0.6 is 0 Å². The molecule has 0 radical (unpaired) electrons. The zero-order chi connectivity index (χ0) is 23.3. The zero-order valence-electron chi connectivity index (χ0n) is 17.6. The molecule has 0 saturated heterocycles. The van der Waals surface area contributed by atoms with E-state index in [1.807, 2.05) is 9.58 Å². The standard InChI is InChI=1S/C19H24N4O2.C2HF3O2/c1-2-23-10-17-16(13-25-12-14-3-4-14)9-22(11-18(17)21-23)19(24)15-5-7-20-8-6-15;3-2(4,5)1(6)7/h5-8,10,14,16H,2-4,9,11-13H2,1H3;(H,6,7). The number of carbonyl (C=O) groups is 2. The number of aliphatic carboxylic acids is 1. The number of amides is 1. The second-order valence-electron chi connectivity index (χ2n) is 7.79. The van der Waals surface area contributed by atoms with E-state index in [9.17, 15) is 18.0 Å². The molecule has 3 heterocycles. The highest BCUT2D eigenvalue weighted by atomic mass is 19.4. The second kappa shape index (κ2) is 10.1. The number of ether oxygens (including phenoxy) is 1. The Balaban J connectivity index is 0.000000360. The van der Waals surface area contributed by atoms with Gasteiger partial charge in [0.05, 0.1) is 18.8 Å². The molecule has 4 rings (SSSR count). The summed E-state index contributed by atoms with van der Waals surface area (Å²) in [7, 11) is 0. The van der Waals surface area contributed by atoms with E-state index < -0.39 is 12.1 Å². The summed E-state index contributed by atoms with van der Waals surface area (Å²) in [5.74, 6) is -1.79. The third-order valence-electron chi connectivity index (χ3n) is 5.24. The minimum atomic E-state index is -5.08. The van der Waals surface area contributed by atoms with Gasteiger partial charge in [-0.3, -0.25) is 14.5 Å². The monoisotopic (exact) mass is 454 g/mol. The minimum absolute atomic E-state index is 0.0336. The predicted molar refractivity (Wildman–Crippen MR) is 107 cm³/mol. The van der Waals surface area contributed by atoms with E-state index in [0.29, 0.717) is 25.3 Å². The van der Waals surface area contributed by atoms with Gasteiger partial charge in [0.15, 0.2) is 0 Å². The Morgan fingerprint density at radius 1 is 1.22 bits per heavy atom. The van der Waals surface area contributed by atoms with Crippen LogP contribution in [0.5, 0.6) is 0 Å². The van der Waals surface area contributed by atoms with E-state index >= 15 is 0 Å². The molecule has 32 heavy (non-hydrogen) atoms. The molecule has 0 bridgehead atoms. The van der Waals surface area contributed by atoms with E-state index in [2.05, 4.69) is 23.2 Å². The Morgan fingerprint density at radius 2 is 1.88 bits per heavy atom. The average Bonchev–Trinajstić information content (AvgIpc) is 3.49. The summed E-state index contributed by atoms with van der Waals surface area (Å²) in [5.41, 5.74) is 2.90. The molecular formula is C21H25F3N4O4. The van der Waals surface area contributed by atoms with Gasteiger partial charge in [0.2, 0.25) is 0 Å². The number of aryl methyl sites for hydroxylation is 1. The molecule has 2 aliphatic rings. The van der Waals surface area contributed by atoms with Crippen molar-refractivity contribution in [2.75, 3.05) is 19.8 Å². The zero-order valence-corrected chi connectivity index (χ0v) is 17.6. The number of carbonyl (C=O) groups excluding carboxylic acids is 1. The van der Waals surface area contributed by atoms with Gasteiger partial charge >= 0.3 is 12.1 Å². The summed E-state index contributed by atoms with van der Waals surface area (Å²) >= 11 is 0. The van der Waals surface area contributed by atoms with Crippen molar-refractivity contribution in [3.05, 3.63) is 47.5 Å². The predicted octanol–water partition coefficient (Wildman–Crippen LogP) is 3.10. The lowest BCUT2D eigenvalue weighted by Gasteiger charge is -2.32. The first kappa shape index (κ1) is 23.7. The van der Waals surface area contributed by atoms with Crippen LogP contribution in [0, 0.1) is 5.92 Å². The Bertz CT molecular complexity index is 929. The van der Waals surface area contributed by atoms with Gasteiger partial charge in [-0.25, -0.2) is 4.79 Å². The van der Waals surface area contributed by atoms with Crippen LogP contribution in [0.1, 0.15) is 47.3 Å². The van der Waals surface area contributed by atoms with Crippen LogP contribution in [0.3, 0.4) is 0 Å². The third-order valence-corrected chi connectivity index (χ3v) is 5.24. The van der Waals surface area contributed by atoms with Crippen LogP contribution in [0.25, 0.3) is 0 Å². The molecule has 1 aliphatic carbocycles. The molecule has 1 fully saturated rings. The van der Waals surface area contributed by atoms with Crippen LogP contribution in [-0.2, 0) is 22.6 Å². The van der Waals surface area contributed by atoms with Crippen molar-refractivity contribution in [2.45, 2.75) is 44.9 Å². The number of hydrogen-bond acceptors (Lipinski definition) is 5. The third kappa shape index (κ3) is 6.28. The van der Waals surface area contributed by atoms with Gasteiger partial charge in [-0.2, -0.15) is 18.3 Å². The van der Waals surface area contributed by atoms with Crippen LogP contribution in [0.15, 0.2) is 30.7 Å². The van der Waals surface area contributed by atoms with Crippen LogP contribution in [-0.4, -0.2) is 62.6 Å². The Hall–Kier alpha value is -2.95. The number of halogens is 3. The fourth-order valence-corrected chi connectivity index (χ4v) is 3.35. The highest BCUT2D eigenvalue weighted by Gasteiger charge is 2.38. The topological polar surface area (TPSA) is 97.5 Å². The van der Waals surface area contributed by atoms with Gasteiger partial charge in [-0.1, -0.05) is 0 Å². The van der Waals surface area contributed by atoms with Crippen molar-refractivity contribution in [2.24, 2.45) is 5.92 Å². The van der Waals surface area contributed by atoms with Gasteiger partial charge in [-0.05, 0) is 37.8 Å². The fourth-order valence-electron chi connectivity index (χ4n) is 3.35. The number of aromatic nitrogens is 3. The van der Waals surface area contributed by atoms with Crippen molar-refractivity contribution >= 4 is 11.9 Å². The smallest absolute Gasteiger partial charge is 0.475 e. The first-order valence-electron chi connectivity index (χ1n) is 10.3. The van der Waals surface area contributed by atoms with Crippen molar-refractivity contribution in [1.82, 2.24) is 19.7 Å². The highest BCUT2D eigenvalue weighted by molar-refractivity contribution is 5.94. The molecule has 1 N–H and O–H groups in total. The van der Waals surface area contributed by atoms with Crippen molar-refractivity contribution in [1.29, 1.82) is 0 Å². The summed E-state index contributed by atoms with van der Waals surface area (Å²) in [6, 6.07) is 3.53. The first-order chi connectivity index (χ1) is 15.2. The SMILES string of the molecule is CCn1cc2c(n1)CN(C(=O)c1ccncc1)CC2COCC1CC1.O=C(O)C(F)(F)F. The van der Waals surface area contributed by atoms with Gasteiger partial charge in [0, 0.05) is 55.3 Å². The molecular weight excluding hydrogens is 429 g/mol. The summed E-state index contributed by atoms with van der Waals surface area (Å²) in [4.78, 5) is 27.6. The maximum absolute atomic E-state index is 12.8. The van der Waals surface area contributed by atoms with Gasteiger partial charge in [0.25, 0.3) is 5.91 Å². The van der Waals surface area contributed by atoms with Crippen LogP contribution in [0.4, 0.5) is 13.2 Å². The molecule has 174 valence electrons. The highest BCUT2D eigenvalue weighted by Crippen LogP contribution is 2.32. The largest absolute Gasteiger partial charge is 0.490 e. The maximum Gasteiger partial charge on any atom is 0.490 e. The maximum atomic E-state index is 12.8. The van der Waals surface area contributed by atoms with E-state index in [-0.39, 0.29) is 11.8 Å². The number of rotatable bonds is 6. The molecule has 1 aliphatic heterocycles. The molecule has 0 spiro atoms. The number of nitrogens with zero attached hydrogens (tertiary/aromatic N) is 4. The van der Waals surface area contributed by atoms with E-state index in [4.69, 9.17) is 14.6 Å². The van der Waals surface area contributed by atoms with Crippen LogP contribution in [0.2, 0.25) is 0 Å². The normalized spacial score (nSPS) is 17.9. The average molecular weight is 454 g/mol. The number of carboxylic acid groups (broad SMARTS) is 1. The van der Waals surface area contributed by atoms with E-state index in [1.165, 1.54) is 18.4 Å². The summed E-state index contributed by atoms with van der Waals surface area (Å²) in [5, 5.41) is 11.8. The van der Waals surface area contributed by atoms with E-state index in [0.717, 1.165) is 24.8 Å². The summed E-state index contributed by atoms with van der Waals surface area (Å²) < 4.78 is 39.6. The first-order valence-corrected chi connectivity index (χ1v) is 10.3.